The van der Waals surface area contributed by atoms with Crippen molar-refractivity contribution in [2.45, 2.75) is 46.6 Å². The Morgan fingerprint density at radius 3 is 2.65 bits per heavy atom. The molecule has 0 saturated heterocycles. The zero-order valence-corrected chi connectivity index (χ0v) is 16.3. The average Bonchev–Trinajstić information content (AvgIpc) is 2.64. The molecule has 26 heavy (non-hydrogen) atoms. The van der Waals surface area contributed by atoms with Crippen molar-refractivity contribution >= 4 is 17.2 Å². The Bertz CT molecular complexity index is 759. The number of rotatable bonds is 5. The summed E-state index contributed by atoms with van der Waals surface area (Å²) < 4.78 is 19.1. The third-order valence-corrected chi connectivity index (χ3v) is 4.69. The molecule has 140 valence electrons. The molecule has 1 aliphatic rings. The molecule has 3 nitrogen and oxygen atoms in total. The van der Waals surface area contributed by atoms with Gasteiger partial charge in [-0.2, -0.15) is 0 Å². The molecule has 0 unspecified atom stereocenters. The van der Waals surface area contributed by atoms with Gasteiger partial charge in [0.15, 0.2) is 0 Å². The van der Waals surface area contributed by atoms with Crippen molar-refractivity contribution in [1.82, 2.24) is 0 Å². The zero-order chi connectivity index (χ0) is 19.3. The van der Waals surface area contributed by atoms with Crippen LogP contribution in [0.5, 0.6) is 0 Å². The first-order valence-electron chi connectivity index (χ1n) is 9.04. The predicted molar refractivity (Wildman–Crippen MR) is 106 cm³/mol. The van der Waals surface area contributed by atoms with Gasteiger partial charge in [-0.05, 0) is 81.0 Å². The minimum atomic E-state index is -0.447. The number of hydrogen-bond acceptors (Lipinski definition) is 3. The maximum absolute atomic E-state index is 14.5. The fourth-order valence-electron chi connectivity index (χ4n) is 3.16. The Hall–Kier alpha value is -2.36. The van der Waals surface area contributed by atoms with Gasteiger partial charge in [-0.15, -0.1) is 0 Å². The summed E-state index contributed by atoms with van der Waals surface area (Å²) in [5, 5.41) is 0. The first-order chi connectivity index (χ1) is 12.3. The van der Waals surface area contributed by atoms with Crippen LogP contribution in [0.4, 0.5) is 10.1 Å². The first kappa shape index (κ1) is 20.0. The number of ether oxygens (including phenoxy) is 1. The van der Waals surface area contributed by atoms with Gasteiger partial charge in [-0.25, -0.2) is 9.18 Å². The first-order valence-corrected chi connectivity index (χ1v) is 9.04. The quantitative estimate of drug-likeness (QED) is 0.411. The van der Waals surface area contributed by atoms with Crippen LogP contribution in [-0.2, 0) is 16.0 Å². The Balaban J connectivity index is 2.26. The van der Waals surface area contributed by atoms with Crippen molar-refractivity contribution in [3.63, 3.8) is 0 Å². The van der Waals surface area contributed by atoms with Crippen molar-refractivity contribution in [2.75, 3.05) is 18.6 Å². The molecule has 0 atom stereocenters. The van der Waals surface area contributed by atoms with Gasteiger partial charge in [0.25, 0.3) is 0 Å². The molecule has 0 bridgehead atoms. The third kappa shape index (κ3) is 4.84. The number of anilines is 1. The summed E-state index contributed by atoms with van der Waals surface area (Å²) in [6, 6.07) is 6.65. The van der Waals surface area contributed by atoms with Crippen LogP contribution >= 0.6 is 0 Å². The zero-order valence-electron chi connectivity index (χ0n) is 16.3. The summed E-state index contributed by atoms with van der Waals surface area (Å²) in [7, 11) is 1.32. The van der Waals surface area contributed by atoms with E-state index in [9.17, 15) is 9.18 Å². The minimum Gasteiger partial charge on any atom is -0.466 e. The Morgan fingerprint density at radius 1 is 1.27 bits per heavy atom. The van der Waals surface area contributed by atoms with Gasteiger partial charge < -0.3 is 9.64 Å². The number of halogens is 1. The average molecular weight is 357 g/mol. The number of benzene rings is 1. The summed E-state index contributed by atoms with van der Waals surface area (Å²) in [4.78, 5) is 13.6. The monoisotopic (exact) mass is 357 g/mol. The van der Waals surface area contributed by atoms with Gasteiger partial charge in [-0.1, -0.05) is 12.1 Å². The fraction of sp³-hybridized carbons (Fsp3) is 0.409. The van der Waals surface area contributed by atoms with E-state index in [4.69, 9.17) is 0 Å². The van der Waals surface area contributed by atoms with Crippen molar-refractivity contribution in [1.29, 1.82) is 0 Å². The van der Waals surface area contributed by atoms with Crippen LogP contribution in [0, 0.1) is 0 Å². The third-order valence-electron chi connectivity index (χ3n) is 4.69. The summed E-state index contributed by atoms with van der Waals surface area (Å²) in [5.41, 5.74) is 4.66. The standard InChI is InChI=1S/C22H28FNO2/c1-15(2)24-12-6-7-19-14-18(9-11-21(19)24)17(4)20(23)10-8-16(3)13-22(25)26-5/h8-11,13-15H,6-7,12H2,1-5H3/b10-8+,16-13+,20-17-. The van der Waals surface area contributed by atoms with E-state index in [0.29, 0.717) is 17.2 Å². The highest BCUT2D eigenvalue weighted by Gasteiger charge is 2.19. The van der Waals surface area contributed by atoms with Gasteiger partial charge in [0.1, 0.15) is 5.83 Å². The minimum absolute atomic E-state index is 0.306. The number of nitrogens with zero attached hydrogens (tertiary/aromatic N) is 1. The Labute approximate surface area is 155 Å². The molecule has 0 aromatic heterocycles. The van der Waals surface area contributed by atoms with Gasteiger partial charge in [-0.3, -0.25) is 0 Å². The van der Waals surface area contributed by atoms with E-state index in [-0.39, 0.29) is 5.83 Å². The molecule has 0 amide bonds. The van der Waals surface area contributed by atoms with Crippen molar-refractivity contribution in [3.8, 4) is 0 Å². The van der Waals surface area contributed by atoms with E-state index in [1.165, 1.54) is 30.5 Å². The number of carbonyl (C=O) groups excluding carboxylic acids is 1. The number of esters is 1. The molecule has 2 rings (SSSR count). The molecule has 0 spiro atoms. The lowest BCUT2D eigenvalue weighted by Gasteiger charge is -2.35. The lowest BCUT2D eigenvalue weighted by atomic mass is 9.95. The molecule has 1 aromatic carbocycles. The van der Waals surface area contributed by atoms with Crippen LogP contribution in [0.15, 0.2) is 47.8 Å². The van der Waals surface area contributed by atoms with Gasteiger partial charge in [0.2, 0.25) is 0 Å². The number of hydrogen-bond donors (Lipinski definition) is 0. The van der Waals surface area contributed by atoms with Crippen LogP contribution in [0.2, 0.25) is 0 Å². The summed E-state index contributed by atoms with van der Waals surface area (Å²) in [6.07, 6.45) is 6.45. The van der Waals surface area contributed by atoms with Gasteiger partial charge in [0.05, 0.1) is 7.11 Å². The topological polar surface area (TPSA) is 29.5 Å². The Morgan fingerprint density at radius 2 is 2.00 bits per heavy atom. The lowest BCUT2D eigenvalue weighted by Crippen LogP contribution is -2.35. The predicted octanol–water partition coefficient (Wildman–Crippen LogP) is 5.22. The molecule has 0 aliphatic carbocycles. The Kier molecular flexibility index (Phi) is 6.78. The molecule has 4 heteroatoms. The van der Waals surface area contributed by atoms with Crippen LogP contribution in [-0.4, -0.2) is 25.7 Å². The number of aryl methyl sites for hydroxylation is 1. The van der Waals surface area contributed by atoms with Crippen LogP contribution in [0.25, 0.3) is 5.57 Å². The van der Waals surface area contributed by atoms with E-state index < -0.39 is 5.97 Å². The number of methoxy groups -OCH3 is 1. The summed E-state index contributed by atoms with van der Waals surface area (Å²) in [5.74, 6) is -0.753. The molecule has 0 fully saturated rings. The second-order valence-electron chi connectivity index (χ2n) is 6.95. The van der Waals surface area contributed by atoms with Crippen molar-refractivity contribution < 1.29 is 13.9 Å². The molecule has 0 N–H and O–H groups in total. The molecule has 1 aliphatic heterocycles. The second-order valence-corrected chi connectivity index (χ2v) is 6.95. The maximum Gasteiger partial charge on any atom is 0.330 e. The maximum atomic E-state index is 14.5. The normalized spacial score (nSPS) is 16.0. The summed E-state index contributed by atoms with van der Waals surface area (Å²) >= 11 is 0. The highest BCUT2D eigenvalue weighted by molar-refractivity contribution is 5.83. The van der Waals surface area contributed by atoms with Crippen molar-refractivity contribution in [2.24, 2.45) is 0 Å². The van der Waals surface area contributed by atoms with Crippen molar-refractivity contribution in [3.05, 3.63) is 59.0 Å². The number of carbonyl (C=O) groups is 1. The van der Waals surface area contributed by atoms with Crippen LogP contribution in [0.1, 0.15) is 45.2 Å². The molecule has 0 saturated carbocycles. The number of allylic oxidation sites excluding steroid dienone is 5. The van der Waals surface area contributed by atoms with Gasteiger partial charge in [0, 0.05) is 24.4 Å². The number of fused-ring (bicyclic) bond motifs is 1. The van der Waals surface area contributed by atoms with Crippen LogP contribution < -0.4 is 4.90 Å². The van der Waals surface area contributed by atoms with Crippen LogP contribution in [0.3, 0.4) is 0 Å². The largest absolute Gasteiger partial charge is 0.466 e. The van der Waals surface area contributed by atoms with Gasteiger partial charge >= 0.3 is 5.97 Å². The van der Waals surface area contributed by atoms with E-state index in [1.54, 1.807) is 19.9 Å². The van der Waals surface area contributed by atoms with E-state index in [0.717, 1.165) is 24.9 Å². The molecule has 1 heterocycles. The molecular formula is C22H28FNO2. The fourth-order valence-corrected chi connectivity index (χ4v) is 3.16. The SMILES string of the molecule is COC(=O)/C=C(C)/C=C/C(F)=C(\C)c1ccc2c(c1)CCCN2C(C)C. The molecule has 0 radical (unpaired) electrons. The molecular weight excluding hydrogens is 329 g/mol. The van der Waals surface area contributed by atoms with E-state index >= 15 is 0 Å². The molecule has 1 aromatic rings. The van der Waals surface area contributed by atoms with E-state index in [1.807, 2.05) is 6.07 Å². The highest BCUT2D eigenvalue weighted by Crippen LogP contribution is 2.32. The highest BCUT2D eigenvalue weighted by atomic mass is 19.1. The smallest absolute Gasteiger partial charge is 0.330 e. The summed E-state index contributed by atoms with van der Waals surface area (Å²) in [6.45, 7) is 8.98. The second kappa shape index (κ2) is 8.84. The lowest BCUT2D eigenvalue weighted by molar-refractivity contribution is -0.134. The van der Waals surface area contributed by atoms with E-state index in [2.05, 4.69) is 35.6 Å².